The van der Waals surface area contributed by atoms with E-state index in [1.54, 1.807) is 29.2 Å². The van der Waals surface area contributed by atoms with Crippen molar-refractivity contribution in [1.29, 1.82) is 0 Å². The van der Waals surface area contributed by atoms with E-state index < -0.39 is 0 Å². The number of amides is 2. The predicted molar refractivity (Wildman–Crippen MR) is 79.4 cm³/mol. The van der Waals surface area contributed by atoms with Gasteiger partial charge in [-0.3, -0.25) is 9.59 Å². The molecule has 1 aromatic rings. The smallest absolute Gasteiger partial charge is 0.246 e. The summed E-state index contributed by atoms with van der Waals surface area (Å²) in [6.45, 7) is 0.905. The minimum absolute atomic E-state index is 0.176. The summed E-state index contributed by atoms with van der Waals surface area (Å²) in [5.41, 5.74) is 5.84. The fraction of sp³-hybridized carbons (Fsp3) is 0.286. The zero-order valence-electron chi connectivity index (χ0n) is 10.7. The lowest BCUT2D eigenvalue weighted by Crippen LogP contribution is -2.30. The van der Waals surface area contributed by atoms with E-state index in [1.165, 1.54) is 6.08 Å². The molecule has 0 bridgehead atoms. The summed E-state index contributed by atoms with van der Waals surface area (Å²) in [6, 6.07) is 5.15. The molecule has 1 aromatic carbocycles. The number of nitrogens with two attached hydrogens (primary N) is 1. The topological polar surface area (TPSA) is 63.4 Å². The first-order chi connectivity index (χ1) is 9.49. The Morgan fingerprint density at radius 2 is 1.95 bits per heavy atom. The molecule has 2 N–H and O–H groups in total. The van der Waals surface area contributed by atoms with Crippen LogP contribution in [0.25, 0.3) is 6.08 Å². The average Bonchev–Trinajstić information content (AvgIpc) is 2.87. The number of halogens is 2. The van der Waals surface area contributed by atoms with Crippen molar-refractivity contribution in [3.63, 3.8) is 0 Å². The van der Waals surface area contributed by atoms with E-state index in [2.05, 4.69) is 0 Å². The minimum atomic E-state index is -0.363. The highest BCUT2D eigenvalue weighted by atomic mass is 35.5. The molecule has 0 aliphatic carbocycles. The van der Waals surface area contributed by atoms with Gasteiger partial charge in [0.05, 0.1) is 5.92 Å². The van der Waals surface area contributed by atoms with Crippen molar-refractivity contribution in [1.82, 2.24) is 4.90 Å². The van der Waals surface area contributed by atoms with E-state index in [-0.39, 0.29) is 17.7 Å². The molecule has 106 valence electrons. The van der Waals surface area contributed by atoms with E-state index >= 15 is 0 Å². The van der Waals surface area contributed by atoms with Gasteiger partial charge < -0.3 is 10.6 Å². The van der Waals surface area contributed by atoms with Crippen molar-refractivity contribution in [3.05, 3.63) is 39.9 Å². The van der Waals surface area contributed by atoms with Crippen LogP contribution in [0.4, 0.5) is 0 Å². The second kappa shape index (κ2) is 6.29. The lowest BCUT2D eigenvalue weighted by Gasteiger charge is -2.13. The van der Waals surface area contributed by atoms with Crippen molar-refractivity contribution in [2.24, 2.45) is 11.7 Å². The predicted octanol–water partition coefficient (Wildman–Crippen LogP) is 2.34. The van der Waals surface area contributed by atoms with Crippen LogP contribution in [-0.4, -0.2) is 29.8 Å². The number of carbonyl (C=O) groups excluding carboxylic acids is 2. The third kappa shape index (κ3) is 3.32. The van der Waals surface area contributed by atoms with Gasteiger partial charge in [-0.1, -0.05) is 29.3 Å². The molecule has 2 amide bonds. The number of primary amides is 1. The molecule has 2 rings (SSSR count). The molecule has 0 saturated carbocycles. The molecule has 20 heavy (non-hydrogen) atoms. The third-order valence-corrected chi connectivity index (χ3v) is 3.95. The highest BCUT2D eigenvalue weighted by Gasteiger charge is 2.28. The van der Waals surface area contributed by atoms with Gasteiger partial charge in [0, 0.05) is 34.8 Å². The van der Waals surface area contributed by atoms with E-state index in [9.17, 15) is 9.59 Å². The summed E-state index contributed by atoms with van der Waals surface area (Å²) in [5, 5.41) is 0.968. The van der Waals surface area contributed by atoms with Crippen LogP contribution in [0.5, 0.6) is 0 Å². The fourth-order valence-electron chi connectivity index (χ4n) is 2.12. The molecule has 1 saturated heterocycles. The second-order valence-corrected chi connectivity index (χ2v) is 5.46. The zero-order chi connectivity index (χ0) is 14.7. The Hall–Kier alpha value is -1.52. The largest absolute Gasteiger partial charge is 0.369 e. The van der Waals surface area contributed by atoms with Crippen LogP contribution in [0.2, 0.25) is 10.0 Å². The Bertz CT molecular complexity index is 552. The van der Waals surface area contributed by atoms with E-state index in [0.29, 0.717) is 35.1 Å². The SMILES string of the molecule is NC(=O)C1CCN(C(=O)C=Cc2c(Cl)cccc2Cl)C1. The van der Waals surface area contributed by atoms with Crippen LogP contribution in [0.1, 0.15) is 12.0 Å². The van der Waals surface area contributed by atoms with Gasteiger partial charge in [-0.15, -0.1) is 0 Å². The summed E-state index contributed by atoms with van der Waals surface area (Å²) >= 11 is 12.0. The molecule has 0 spiro atoms. The summed E-state index contributed by atoms with van der Waals surface area (Å²) in [7, 11) is 0. The van der Waals surface area contributed by atoms with Gasteiger partial charge in [-0.2, -0.15) is 0 Å². The molecule has 0 aromatic heterocycles. The zero-order valence-corrected chi connectivity index (χ0v) is 12.2. The van der Waals surface area contributed by atoms with Crippen molar-refractivity contribution in [3.8, 4) is 0 Å². The molecule has 1 heterocycles. The van der Waals surface area contributed by atoms with Crippen LogP contribution < -0.4 is 5.73 Å². The van der Waals surface area contributed by atoms with Gasteiger partial charge in [-0.25, -0.2) is 0 Å². The van der Waals surface area contributed by atoms with Crippen molar-refractivity contribution >= 4 is 41.1 Å². The lowest BCUT2D eigenvalue weighted by molar-refractivity contribution is -0.125. The van der Waals surface area contributed by atoms with E-state index in [4.69, 9.17) is 28.9 Å². The first-order valence-electron chi connectivity index (χ1n) is 6.19. The van der Waals surface area contributed by atoms with Crippen molar-refractivity contribution in [2.45, 2.75) is 6.42 Å². The summed E-state index contributed by atoms with van der Waals surface area (Å²) in [6.07, 6.45) is 3.61. The van der Waals surface area contributed by atoms with Crippen molar-refractivity contribution in [2.75, 3.05) is 13.1 Å². The Labute approximate surface area is 127 Å². The van der Waals surface area contributed by atoms with Crippen molar-refractivity contribution < 1.29 is 9.59 Å². The maximum absolute atomic E-state index is 12.0. The highest BCUT2D eigenvalue weighted by molar-refractivity contribution is 6.37. The number of carbonyl (C=O) groups is 2. The van der Waals surface area contributed by atoms with Crippen LogP contribution >= 0.6 is 23.2 Å². The number of rotatable bonds is 3. The highest BCUT2D eigenvalue weighted by Crippen LogP contribution is 2.25. The number of nitrogens with zero attached hydrogens (tertiary/aromatic N) is 1. The Morgan fingerprint density at radius 1 is 1.30 bits per heavy atom. The molecule has 1 aliphatic rings. The molecule has 1 unspecified atom stereocenters. The third-order valence-electron chi connectivity index (χ3n) is 3.29. The Morgan fingerprint density at radius 3 is 2.50 bits per heavy atom. The molecule has 1 atom stereocenters. The molecule has 1 aliphatic heterocycles. The fourth-order valence-corrected chi connectivity index (χ4v) is 2.65. The quantitative estimate of drug-likeness (QED) is 0.871. The number of hydrogen-bond donors (Lipinski definition) is 1. The summed E-state index contributed by atoms with van der Waals surface area (Å²) < 4.78 is 0. The number of benzene rings is 1. The molecule has 0 radical (unpaired) electrons. The van der Waals surface area contributed by atoms with Crippen LogP contribution in [0.3, 0.4) is 0 Å². The average molecular weight is 313 g/mol. The first kappa shape index (κ1) is 14.9. The lowest BCUT2D eigenvalue weighted by atomic mass is 10.1. The van der Waals surface area contributed by atoms with E-state index in [0.717, 1.165) is 0 Å². The molecule has 4 nitrogen and oxygen atoms in total. The summed E-state index contributed by atoms with van der Waals surface area (Å²) in [5.74, 6) is -0.792. The molecular formula is C14H14Cl2N2O2. The monoisotopic (exact) mass is 312 g/mol. The van der Waals surface area contributed by atoms with E-state index in [1.807, 2.05) is 0 Å². The van der Waals surface area contributed by atoms with Gasteiger partial charge in [0.25, 0.3) is 0 Å². The van der Waals surface area contributed by atoms with Gasteiger partial charge in [-0.05, 0) is 24.6 Å². The Kier molecular flexibility index (Phi) is 4.68. The maximum atomic E-state index is 12.0. The van der Waals surface area contributed by atoms with Gasteiger partial charge in [0.1, 0.15) is 0 Å². The minimum Gasteiger partial charge on any atom is -0.369 e. The standard InChI is InChI=1S/C14H14Cl2N2O2/c15-11-2-1-3-12(16)10(11)4-5-13(19)18-7-6-9(8-18)14(17)20/h1-5,9H,6-8H2,(H2,17,20). The molecular weight excluding hydrogens is 299 g/mol. The molecule has 6 heteroatoms. The molecule has 1 fully saturated rings. The maximum Gasteiger partial charge on any atom is 0.246 e. The first-order valence-corrected chi connectivity index (χ1v) is 6.95. The van der Waals surface area contributed by atoms with Crippen LogP contribution in [0, 0.1) is 5.92 Å². The number of likely N-dealkylation sites (tertiary alicyclic amines) is 1. The van der Waals surface area contributed by atoms with Crippen LogP contribution in [0.15, 0.2) is 24.3 Å². The Balaban J connectivity index is 2.05. The normalized spacial score (nSPS) is 18.7. The van der Waals surface area contributed by atoms with Gasteiger partial charge in [0.2, 0.25) is 11.8 Å². The van der Waals surface area contributed by atoms with Gasteiger partial charge >= 0.3 is 0 Å². The van der Waals surface area contributed by atoms with Crippen LogP contribution in [-0.2, 0) is 9.59 Å². The second-order valence-electron chi connectivity index (χ2n) is 4.64. The van der Waals surface area contributed by atoms with Gasteiger partial charge in [0.15, 0.2) is 0 Å². The summed E-state index contributed by atoms with van der Waals surface area (Å²) in [4.78, 5) is 24.7. The number of hydrogen-bond acceptors (Lipinski definition) is 2.